The lowest BCUT2D eigenvalue weighted by Gasteiger charge is -2.34. The van der Waals surface area contributed by atoms with E-state index in [1.54, 1.807) is 0 Å². The van der Waals surface area contributed by atoms with Crippen molar-refractivity contribution in [1.82, 2.24) is 4.57 Å². The third kappa shape index (κ3) is 4.03. The van der Waals surface area contributed by atoms with E-state index in [2.05, 4.69) is 147 Å². The predicted octanol–water partition coefficient (Wildman–Crippen LogP) is 10.8. The van der Waals surface area contributed by atoms with Crippen LogP contribution in [-0.4, -0.2) is 21.6 Å². The zero-order chi connectivity index (χ0) is 33.2. The fourth-order valence-corrected chi connectivity index (χ4v) is 8.60. The number of Topliss-reactive ketones (excluding diaryl/α,β-unsaturated/α-hetero) is 1. The summed E-state index contributed by atoms with van der Waals surface area (Å²) in [7, 11) is 0. The number of rotatable bonds is 3. The van der Waals surface area contributed by atoms with Crippen molar-refractivity contribution in [3.63, 3.8) is 0 Å². The van der Waals surface area contributed by atoms with Gasteiger partial charge in [0.2, 0.25) is 0 Å². The third-order valence-electron chi connectivity index (χ3n) is 11.1. The van der Waals surface area contributed by atoms with Gasteiger partial charge in [-0.2, -0.15) is 0 Å². The summed E-state index contributed by atoms with van der Waals surface area (Å²) in [6.07, 6.45) is 5.12. The number of benzene rings is 7. The smallest absolute Gasteiger partial charge is 0.173 e. The molecule has 0 amide bonds. The van der Waals surface area contributed by atoms with Crippen LogP contribution in [0.3, 0.4) is 0 Å². The molecule has 1 N–H and O–H groups in total. The van der Waals surface area contributed by atoms with Crippen LogP contribution >= 0.6 is 0 Å². The van der Waals surface area contributed by atoms with Crippen LogP contribution in [0.2, 0.25) is 0 Å². The quantitative estimate of drug-likeness (QED) is 0.155. The highest BCUT2D eigenvalue weighted by molar-refractivity contribution is 6.28. The first-order valence-corrected chi connectivity index (χ1v) is 17.2. The summed E-state index contributed by atoms with van der Waals surface area (Å²) in [5, 5.41) is 20.5. The highest BCUT2D eigenvalue weighted by atomic mass is 16.3. The van der Waals surface area contributed by atoms with Crippen LogP contribution in [0.15, 0.2) is 133 Å². The summed E-state index contributed by atoms with van der Waals surface area (Å²) in [6.45, 7) is 6.80. The first-order valence-electron chi connectivity index (χ1n) is 17.2. The minimum atomic E-state index is -0.970. The van der Waals surface area contributed by atoms with Crippen LogP contribution in [0.4, 0.5) is 0 Å². The number of hydrogen-bond donors (Lipinski definition) is 1. The van der Waals surface area contributed by atoms with Crippen LogP contribution in [0.1, 0.15) is 31.9 Å². The molecule has 1 heterocycles. The van der Waals surface area contributed by atoms with Crippen molar-refractivity contribution in [3.8, 4) is 16.8 Å². The van der Waals surface area contributed by atoms with Gasteiger partial charge in [-0.25, -0.2) is 0 Å². The van der Waals surface area contributed by atoms with E-state index in [-0.39, 0.29) is 17.1 Å². The molecule has 3 nitrogen and oxygen atoms in total. The van der Waals surface area contributed by atoms with E-state index in [0.717, 1.165) is 33.3 Å². The average molecular weight is 634 g/mol. The van der Waals surface area contributed by atoms with E-state index < -0.39 is 12.0 Å². The van der Waals surface area contributed by atoms with Gasteiger partial charge in [-0.15, -0.1) is 0 Å². The van der Waals surface area contributed by atoms with Crippen LogP contribution in [0.5, 0.6) is 0 Å². The topological polar surface area (TPSA) is 42.2 Å². The Kier molecular flexibility index (Phi) is 5.82. The summed E-state index contributed by atoms with van der Waals surface area (Å²) in [4.78, 5) is 13.3. The zero-order valence-corrected chi connectivity index (χ0v) is 27.7. The minimum Gasteiger partial charge on any atom is -0.384 e. The number of aliphatic hydroxyl groups is 1. The number of aliphatic hydroxyl groups excluding tert-OH is 1. The average Bonchev–Trinajstić information content (AvgIpc) is 3.46. The molecule has 3 aliphatic carbocycles. The van der Waals surface area contributed by atoms with Gasteiger partial charge in [0.05, 0.1) is 17.0 Å². The molecule has 0 aliphatic heterocycles. The van der Waals surface area contributed by atoms with Crippen molar-refractivity contribution in [2.24, 2.45) is 11.8 Å². The van der Waals surface area contributed by atoms with Crippen LogP contribution in [-0.2, 0) is 10.2 Å². The summed E-state index contributed by atoms with van der Waals surface area (Å²) in [5.74, 6) is -0.853. The van der Waals surface area contributed by atoms with Gasteiger partial charge in [-0.05, 0) is 95.9 Å². The number of aromatic nitrogens is 1. The first kappa shape index (κ1) is 28.5. The normalized spacial score (nSPS) is 19.3. The molecule has 236 valence electrons. The number of fused-ring (bicyclic) bond motifs is 4. The molecule has 3 heteroatoms. The van der Waals surface area contributed by atoms with E-state index >= 15 is 0 Å². The molecule has 0 fully saturated rings. The molecule has 1 aromatic heterocycles. The van der Waals surface area contributed by atoms with E-state index in [9.17, 15) is 9.90 Å². The highest BCUT2D eigenvalue weighted by Gasteiger charge is 2.40. The van der Waals surface area contributed by atoms with E-state index in [1.165, 1.54) is 54.3 Å². The molecule has 0 saturated heterocycles. The van der Waals surface area contributed by atoms with E-state index in [1.807, 2.05) is 12.2 Å². The SMILES string of the molecule is CC(C)(C)c1cc2ccc3c(C4=CC5C=CC4C(=O)C5O)cc(-c4ccc(-n5c6ccccc6c6ccccc65)cc4)c4ccc(c1)c2c34. The largest absolute Gasteiger partial charge is 0.384 e. The monoisotopic (exact) mass is 633 g/mol. The molecular formula is C46H35NO2. The Bertz CT molecular complexity index is 2660. The fourth-order valence-electron chi connectivity index (χ4n) is 8.60. The van der Waals surface area contributed by atoms with Gasteiger partial charge < -0.3 is 9.67 Å². The van der Waals surface area contributed by atoms with Gasteiger partial charge in [0.1, 0.15) is 6.10 Å². The van der Waals surface area contributed by atoms with Gasteiger partial charge in [0, 0.05) is 22.4 Å². The molecule has 7 aromatic carbocycles. The van der Waals surface area contributed by atoms with Crippen molar-refractivity contribution >= 4 is 65.5 Å². The van der Waals surface area contributed by atoms with Crippen molar-refractivity contribution < 1.29 is 9.90 Å². The molecule has 3 aliphatic rings. The Labute approximate surface area is 284 Å². The molecule has 2 bridgehead atoms. The molecule has 49 heavy (non-hydrogen) atoms. The molecule has 3 atom stereocenters. The molecular weight excluding hydrogens is 599 g/mol. The van der Waals surface area contributed by atoms with Gasteiger partial charge in [0.25, 0.3) is 0 Å². The lowest BCUT2D eigenvalue weighted by Crippen LogP contribution is -2.40. The molecule has 0 radical (unpaired) electrons. The first-order chi connectivity index (χ1) is 23.8. The Morgan fingerprint density at radius 1 is 0.633 bits per heavy atom. The Morgan fingerprint density at radius 2 is 1.24 bits per heavy atom. The second kappa shape index (κ2) is 10.0. The number of carbonyl (C=O) groups excluding carboxylic acids is 1. The number of allylic oxidation sites excluding steroid dienone is 2. The van der Waals surface area contributed by atoms with Crippen LogP contribution in [0, 0.1) is 11.8 Å². The maximum absolute atomic E-state index is 13.3. The molecule has 11 rings (SSSR count). The van der Waals surface area contributed by atoms with Gasteiger partial charge >= 0.3 is 0 Å². The van der Waals surface area contributed by atoms with E-state index in [0.29, 0.717) is 0 Å². The van der Waals surface area contributed by atoms with Gasteiger partial charge in [-0.1, -0.05) is 124 Å². The van der Waals surface area contributed by atoms with Crippen molar-refractivity contribution in [3.05, 3.63) is 145 Å². The highest BCUT2D eigenvalue weighted by Crippen LogP contribution is 2.48. The maximum atomic E-state index is 13.3. The van der Waals surface area contributed by atoms with E-state index in [4.69, 9.17) is 0 Å². The minimum absolute atomic E-state index is 0.0264. The summed E-state index contributed by atoms with van der Waals surface area (Å²) < 4.78 is 2.35. The Balaban J connectivity index is 1.23. The molecule has 0 spiro atoms. The molecule has 3 unspecified atom stereocenters. The van der Waals surface area contributed by atoms with Gasteiger partial charge in [0.15, 0.2) is 5.78 Å². The fraction of sp³-hybridized carbons (Fsp3) is 0.152. The zero-order valence-electron chi connectivity index (χ0n) is 27.7. The van der Waals surface area contributed by atoms with Crippen molar-refractivity contribution in [1.29, 1.82) is 0 Å². The lowest BCUT2D eigenvalue weighted by atomic mass is 9.70. The summed E-state index contributed by atoms with van der Waals surface area (Å²) in [6, 6.07) is 42.2. The lowest BCUT2D eigenvalue weighted by molar-refractivity contribution is -0.130. The van der Waals surface area contributed by atoms with Crippen LogP contribution < -0.4 is 0 Å². The van der Waals surface area contributed by atoms with Crippen molar-refractivity contribution in [2.45, 2.75) is 32.3 Å². The Morgan fingerprint density at radius 3 is 1.86 bits per heavy atom. The maximum Gasteiger partial charge on any atom is 0.173 e. The number of hydrogen-bond acceptors (Lipinski definition) is 2. The number of para-hydroxylation sites is 2. The number of carbonyl (C=O) groups is 1. The third-order valence-corrected chi connectivity index (χ3v) is 11.1. The number of ketones is 1. The standard InChI is InChI=1S/C46H35NO2/c1-46(2,3)30-22-27-14-19-34-37(26-12-17-31(18-13-26)47-40-10-6-4-8-32(40)33-9-5-7-11-41(33)47)25-39(35-20-15-28(23-30)42(27)43(34)35)38-24-29-16-21-36(38)45(49)44(29)48/h4-25,29,36,44,48H,1-3H3. The summed E-state index contributed by atoms with van der Waals surface area (Å²) >= 11 is 0. The van der Waals surface area contributed by atoms with Gasteiger partial charge in [-0.3, -0.25) is 4.79 Å². The summed E-state index contributed by atoms with van der Waals surface area (Å²) in [5.41, 5.74) is 9.18. The molecule has 8 aromatic rings. The second-order valence-electron chi connectivity index (χ2n) is 14.9. The second-order valence-corrected chi connectivity index (χ2v) is 14.9. The molecule has 0 saturated carbocycles. The van der Waals surface area contributed by atoms with Crippen LogP contribution in [0.25, 0.3) is 76.5 Å². The van der Waals surface area contributed by atoms with Crippen molar-refractivity contribution in [2.75, 3.05) is 0 Å². The predicted molar refractivity (Wildman–Crippen MR) is 204 cm³/mol. The number of nitrogens with zero attached hydrogens (tertiary/aromatic N) is 1. The Hall–Kier alpha value is -5.51.